The molecule has 0 aromatic heterocycles. The van der Waals surface area contributed by atoms with Gasteiger partial charge in [-0.1, -0.05) is 32.0 Å². The van der Waals surface area contributed by atoms with Crippen molar-refractivity contribution in [1.29, 1.82) is 0 Å². The number of rotatable bonds is 10. The van der Waals surface area contributed by atoms with E-state index in [-0.39, 0.29) is 17.6 Å². The van der Waals surface area contributed by atoms with Crippen LogP contribution in [0.25, 0.3) is 0 Å². The lowest BCUT2D eigenvalue weighted by Gasteiger charge is -2.16. The first kappa shape index (κ1) is 17.9. The number of para-hydroxylation sites is 1. The smallest absolute Gasteiger partial charge is 0.387 e. The van der Waals surface area contributed by atoms with Gasteiger partial charge in [-0.3, -0.25) is 4.79 Å². The third-order valence-corrected chi connectivity index (χ3v) is 4.00. The molecule has 0 amide bonds. The number of halogens is 2. The average molecular weight is 317 g/mol. The first-order valence-electron chi connectivity index (χ1n) is 6.95. The van der Waals surface area contributed by atoms with Gasteiger partial charge in [-0.25, -0.2) is 0 Å². The van der Waals surface area contributed by atoms with Crippen LogP contribution in [-0.2, 0) is 10.5 Å². The quantitative estimate of drug-likeness (QED) is 0.717. The topological polar surface area (TPSA) is 38.3 Å². The molecule has 0 radical (unpaired) electrons. The lowest BCUT2D eigenvalue weighted by atomic mass is 10.2. The van der Waals surface area contributed by atoms with Gasteiger partial charge in [0.05, 0.1) is 6.04 Å². The summed E-state index contributed by atoms with van der Waals surface area (Å²) in [5, 5.41) is 3.14. The van der Waals surface area contributed by atoms with Crippen molar-refractivity contribution in [1.82, 2.24) is 5.32 Å². The second kappa shape index (κ2) is 9.73. The number of alkyl halides is 2. The van der Waals surface area contributed by atoms with Crippen molar-refractivity contribution in [3.8, 4) is 5.75 Å². The van der Waals surface area contributed by atoms with Crippen molar-refractivity contribution in [2.75, 3.05) is 12.3 Å². The molecule has 118 valence electrons. The molecular weight excluding hydrogens is 296 g/mol. The summed E-state index contributed by atoms with van der Waals surface area (Å²) in [4.78, 5) is 11.8. The molecule has 0 saturated heterocycles. The van der Waals surface area contributed by atoms with E-state index in [0.29, 0.717) is 23.5 Å². The maximum atomic E-state index is 12.3. The summed E-state index contributed by atoms with van der Waals surface area (Å²) in [5.74, 6) is 1.51. The van der Waals surface area contributed by atoms with E-state index in [1.165, 1.54) is 17.8 Å². The number of thioether (sulfide) groups is 1. The molecule has 1 N–H and O–H groups in total. The molecule has 0 heterocycles. The molecule has 1 atom stereocenters. The second-order valence-electron chi connectivity index (χ2n) is 4.43. The van der Waals surface area contributed by atoms with Gasteiger partial charge in [0.1, 0.15) is 11.5 Å². The van der Waals surface area contributed by atoms with Crippen LogP contribution < -0.4 is 10.1 Å². The SMILES string of the molecule is CCNC(CSCc1ccccc1OC(F)F)C(=O)CC. The first-order valence-corrected chi connectivity index (χ1v) is 8.10. The van der Waals surface area contributed by atoms with Crippen LogP contribution in [-0.4, -0.2) is 30.7 Å². The molecule has 21 heavy (non-hydrogen) atoms. The minimum atomic E-state index is -2.83. The zero-order chi connectivity index (χ0) is 15.7. The lowest BCUT2D eigenvalue weighted by molar-refractivity contribution is -0.120. The highest BCUT2D eigenvalue weighted by Crippen LogP contribution is 2.25. The van der Waals surface area contributed by atoms with Gasteiger partial charge >= 0.3 is 6.61 Å². The van der Waals surface area contributed by atoms with Gasteiger partial charge < -0.3 is 10.1 Å². The molecule has 1 aromatic carbocycles. The van der Waals surface area contributed by atoms with Gasteiger partial charge in [0.15, 0.2) is 0 Å². The third kappa shape index (κ3) is 6.44. The van der Waals surface area contributed by atoms with E-state index in [1.54, 1.807) is 18.2 Å². The van der Waals surface area contributed by atoms with Crippen LogP contribution in [0.2, 0.25) is 0 Å². The fraction of sp³-hybridized carbons (Fsp3) is 0.533. The lowest BCUT2D eigenvalue weighted by Crippen LogP contribution is -2.38. The Labute approximate surface area is 128 Å². The van der Waals surface area contributed by atoms with Gasteiger partial charge in [-0.15, -0.1) is 0 Å². The van der Waals surface area contributed by atoms with E-state index >= 15 is 0 Å². The Bertz CT molecular complexity index is 443. The van der Waals surface area contributed by atoms with Crippen LogP contribution in [0.15, 0.2) is 24.3 Å². The van der Waals surface area contributed by atoms with E-state index in [0.717, 1.165) is 6.54 Å². The zero-order valence-electron chi connectivity index (χ0n) is 12.3. The fourth-order valence-electron chi connectivity index (χ4n) is 1.88. The van der Waals surface area contributed by atoms with Crippen molar-refractivity contribution in [3.05, 3.63) is 29.8 Å². The van der Waals surface area contributed by atoms with Crippen molar-refractivity contribution in [2.45, 2.75) is 38.7 Å². The highest BCUT2D eigenvalue weighted by Gasteiger charge is 2.16. The molecule has 1 rings (SSSR count). The summed E-state index contributed by atoms with van der Waals surface area (Å²) in [6.07, 6.45) is 0.489. The molecule has 0 spiro atoms. The highest BCUT2D eigenvalue weighted by atomic mass is 32.2. The average Bonchev–Trinajstić information content (AvgIpc) is 2.46. The Morgan fingerprint density at radius 1 is 1.33 bits per heavy atom. The maximum Gasteiger partial charge on any atom is 0.387 e. The summed E-state index contributed by atoms with van der Waals surface area (Å²) >= 11 is 1.53. The Hall–Kier alpha value is -1.14. The van der Waals surface area contributed by atoms with Crippen LogP contribution >= 0.6 is 11.8 Å². The maximum absolute atomic E-state index is 12.3. The van der Waals surface area contributed by atoms with Crippen molar-refractivity contribution in [2.24, 2.45) is 0 Å². The second-order valence-corrected chi connectivity index (χ2v) is 5.46. The van der Waals surface area contributed by atoms with E-state index < -0.39 is 6.61 Å². The van der Waals surface area contributed by atoms with Gasteiger partial charge in [0, 0.05) is 23.5 Å². The Morgan fingerprint density at radius 3 is 2.67 bits per heavy atom. The zero-order valence-corrected chi connectivity index (χ0v) is 13.1. The molecule has 0 aliphatic carbocycles. The molecule has 0 fully saturated rings. The number of hydrogen-bond acceptors (Lipinski definition) is 4. The van der Waals surface area contributed by atoms with Gasteiger partial charge in [-0.05, 0) is 12.6 Å². The number of carbonyl (C=O) groups excluding carboxylic acids is 1. The predicted octanol–water partition coefficient (Wildman–Crippen LogP) is 3.48. The van der Waals surface area contributed by atoms with Crippen molar-refractivity contribution < 1.29 is 18.3 Å². The summed E-state index contributed by atoms with van der Waals surface area (Å²) in [7, 11) is 0. The van der Waals surface area contributed by atoms with E-state index in [4.69, 9.17) is 0 Å². The minimum Gasteiger partial charge on any atom is -0.435 e. The highest BCUT2D eigenvalue weighted by molar-refractivity contribution is 7.98. The van der Waals surface area contributed by atoms with Gasteiger partial charge in [0.2, 0.25) is 0 Å². The number of Topliss-reactive ketones (excluding diaryl/α,β-unsaturated/α-hetero) is 1. The number of ether oxygens (including phenoxy) is 1. The molecule has 3 nitrogen and oxygen atoms in total. The minimum absolute atomic E-state index is 0.168. The van der Waals surface area contributed by atoms with Crippen molar-refractivity contribution >= 4 is 17.5 Å². The van der Waals surface area contributed by atoms with E-state index in [1.807, 2.05) is 13.8 Å². The summed E-state index contributed by atoms with van der Waals surface area (Å²) in [6.45, 7) is 1.68. The Morgan fingerprint density at radius 2 is 2.05 bits per heavy atom. The fourth-order valence-corrected chi connectivity index (χ4v) is 2.99. The first-order chi connectivity index (χ1) is 10.1. The van der Waals surface area contributed by atoms with Crippen molar-refractivity contribution in [3.63, 3.8) is 0 Å². The van der Waals surface area contributed by atoms with Crippen LogP contribution in [0.3, 0.4) is 0 Å². The molecule has 1 unspecified atom stereocenters. The van der Waals surface area contributed by atoms with Gasteiger partial charge in [-0.2, -0.15) is 20.5 Å². The summed E-state index contributed by atoms with van der Waals surface area (Å²) in [6, 6.07) is 6.55. The molecule has 0 aliphatic heterocycles. The van der Waals surface area contributed by atoms with Crippen LogP contribution in [0.4, 0.5) is 8.78 Å². The van der Waals surface area contributed by atoms with E-state index in [2.05, 4.69) is 10.1 Å². The molecular formula is C15H21F2NO2S. The normalized spacial score (nSPS) is 12.4. The Kier molecular flexibility index (Phi) is 8.30. The van der Waals surface area contributed by atoms with Crippen LogP contribution in [0.1, 0.15) is 25.8 Å². The molecule has 1 aromatic rings. The number of carbonyl (C=O) groups is 1. The number of likely N-dealkylation sites (N-methyl/N-ethyl adjacent to an activating group) is 1. The number of ketones is 1. The van der Waals surface area contributed by atoms with Gasteiger partial charge in [0.25, 0.3) is 0 Å². The standard InChI is InChI=1S/C15H21F2NO2S/c1-3-13(19)12(18-4-2)10-21-9-11-7-5-6-8-14(11)20-15(16)17/h5-8,12,15,18H,3-4,9-10H2,1-2H3. The molecule has 6 heteroatoms. The monoisotopic (exact) mass is 317 g/mol. The Balaban J connectivity index is 2.56. The largest absolute Gasteiger partial charge is 0.435 e. The predicted molar refractivity (Wildman–Crippen MR) is 82.0 cm³/mol. The number of benzene rings is 1. The van der Waals surface area contributed by atoms with E-state index in [9.17, 15) is 13.6 Å². The van der Waals surface area contributed by atoms with Crippen LogP contribution in [0.5, 0.6) is 5.75 Å². The summed E-state index contributed by atoms with van der Waals surface area (Å²) < 4.78 is 29.1. The molecule has 0 bridgehead atoms. The number of nitrogens with one attached hydrogen (secondary N) is 1. The number of hydrogen-bond donors (Lipinski definition) is 1. The summed E-state index contributed by atoms with van der Waals surface area (Å²) in [5.41, 5.74) is 0.710. The molecule has 0 aliphatic rings. The molecule has 0 saturated carbocycles. The third-order valence-electron chi connectivity index (χ3n) is 2.92. The van der Waals surface area contributed by atoms with Crippen LogP contribution in [0, 0.1) is 0 Å².